The van der Waals surface area contributed by atoms with Gasteiger partial charge >= 0.3 is 0 Å². The van der Waals surface area contributed by atoms with Gasteiger partial charge in [-0.3, -0.25) is 10.1 Å². The van der Waals surface area contributed by atoms with E-state index >= 15 is 0 Å². The van der Waals surface area contributed by atoms with Crippen LogP contribution in [0.25, 0.3) is 0 Å². The van der Waals surface area contributed by atoms with Gasteiger partial charge in [-0.25, -0.2) is 4.98 Å². The molecule has 0 aliphatic carbocycles. The molecule has 1 N–H and O–H groups in total. The molecule has 0 radical (unpaired) electrons. The number of nitrogens with zero attached hydrogens (tertiary/aromatic N) is 3. The van der Waals surface area contributed by atoms with Gasteiger partial charge < -0.3 is 10.2 Å². The number of anilines is 1. The highest BCUT2D eigenvalue weighted by molar-refractivity contribution is 5.47. The fourth-order valence-electron chi connectivity index (χ4n) is 2.11. The monoisotopic (exact) mass is 236 g/mol. The summed E-state index contributed by atoms with van der Waals surface area (Å²) in [6, 6.07) is 3.74. The molecular formula is C11H16N4O2. The Hall–Kier alpha value is -1.69. The van der Waals surface area contributed by atoms with E-state index in [0.29, 0.717) is 11.7 Å². The van der Waals surface area contributed by atoms with Crippen molar-refractivity contribution in [1.82, 2.24) is 10.3 Å². The molecule has 0 spiro atoms. The number of nitrogens with one attached hydrogen (secondary N) is 1. The molecule has 0 bridgehead atoms. The summed E-state index contributed by atoms with van der Waals surface area (Å²) >= 11 is 0. The molecule has 1 aromatic rings. The summed E-state index contributed by atoms with van der Waals surface area (Å²) < 4.78 is 0. The first-order valence-electron chi connectivity index (χ1n) is 5.66. The van der Waals surface area contributed by atoms with Crippen molar-refractivity contribution in [3.63, 3.8) is 0 Å². The van der Waals surface area contributed by atoms with Crippen molar-refractivity contribution in [3.05, 3.63) is 27.9 Å². The highest BCUT2D eigenvalue weighted by Gasteiger charge is 2.23. The van der Waals surface area contributed by atoms with Crippen LogP contribution < -0.4 is 10.2 Å². The summed E-state index contributed by atoms with van der Waals surface area (Å²) in [5.41, 5.74) is 0.554. The minimum atomic E-state index is -0.396. The smallest absolute Gasteiger partial charge is 0.290 e. The van der Waals surface area contributed by atoms with Crippen molar-refractivity contribution < 1.29 is 4.92 Å². The van der Waals surface area contributed by atoms with Crippen LogP contribution in [-0.4, -0.2) is 36.1 Å². The molecule has 0 saturated carbocycles. The zero-order valence-electron chi connectivity index (χ0n) is 10.0. The topological polar surface area (TPSA) is 71.3 Å². The van der Waals surface area contributed by atoms with E-state index in [0.717, 1.165) is 25.3 Å². The summed E-state index contributed by atoms with van der Waals surface area (Å²) in [6.07, 6.45) is 1.08. The molecular weight excluding hydrogens is 220 g/mol. The molecule has 6 heteroatoms. The number of aromatic nitrogens is 1. The number of hydrogen-bond acceptors (Lipinski definition) is 5. The summed E-state index contributed by atoms with van der Waals surface area (Å²) in [4.78, 5) is 16.8. The number of rotatable bonds is 3. The van der Waals surface area contributed by atoms with E-state index in [-0.39, 0.29) is 5.69 Å². The van der Waals surface area contributed by atoms with Gasteiger partial charge in [-0.2, -0.15) is 0 Å². The molecule has 1 aliphatic heterocycles. The highest BCUT2D eigenvalue weighted by atomic mass is 16.6. The second-order valence-electron chi connectivity index (χ2n) is 4.25. The first-order valence-corrected chi connectivity index (χ1v) is 5.66. The Balaban J connectivity index is 2.18. The van der Waals surface area contributed by atoms with Crippen LogP contribution in [0.2, 0.25) is 0 Å². The molecule has 1 fully saturated rings. The van der Waals surface area contributed by atoms with Gasteiger partial charge in [0.15, 0.2) is 0 Å². The minimum Gasteiger partial charge on any atom is -0.355 e. The number of pyridine rings is 1. The standard InChI is InChI=1S/C11H16N4O2/c1-8-10(15(16)17)3-4-11(13-8)14-6-5-9(7-14)12-2/h3-4,9,12H,5-7H2,1-2H3. The van der Waals surface area contributed by atoms with Crippen LogP contribution in [0.1, 0.15) is 12.1 Å². The van der Waals surface area contributed by atoms with Crippen LogP contribution in [0.3, 0.4) is 0 Å². The number of nitro groups is 1. The van der Waals surface area contributed by atoms with Gasteiger partial charge in [-0.1, -0.05) is 0 Å². The molecule has 92 valence electrons. The quantitative estimate of drug-likeness (QED) is 0.628. The van der Waals surface area contributed by atoms with Crippen molar-refractivity contribution in [1.29, 1.82) is 0 Å². The molecule has 0 amide bonds. The maximum absolute atomic E-state index is 10.7. The number of aryl methyl sites for hydroxylation is 1. The average molecular weight is 236 g/mol. The van der Waals surface area contributed by atoms with Gasteiger partial charge in [-0.05, 0) is 26.5 Å². The second-order valence-corrected chi connectivity index (χ2v) is 4.25. The fraction of sp³-hybridized carbons (Fsp3) is 0.545. The van der Waals surface area contributed by atoms with Crippen molar-refractivity contribution in [2.45, 2.75) is 19.4 Å². The van der Waals surface area contributed by atoms with Gasteiger partial charge in [0.2, 0.25) is 0 Å². The van der Waals surface area contributed by atoms with Gasteiger partial charge in [0.1, 0.15) is 11.5 Å². The van der Waals surface area contributed by atoms with Gasteiger partial charge in [0.05, 0.1) is 4.92 Å². The van der Waals surface area contributed by atoms with Gasteiger partial charge in [0.25, 0.3) is 5.69 Å². The van der Waals surface area contributed by atoms with E-state index in [2.05, 4.69) is 15.2 Å². The molecule has 17 heavy (non-hydrogen) atoms. The van der Waals surface area contributed by atoms with Crippen molar-refractivity contribution in [2.24, 2.45) is 0 Å². The fourth-order valence-corrected chi connectivity index (χ4v) is 2.11. The molecule has 1 aliphatic rings. The van der Waals surface area contributed by atoms with Gasteiger partial charge in [0, 0.05) is 25.2 Å². The highest BCUT2D eigenvalue weighted by Crippen LogP contribution is 2.23. The Morgan fingerprint density at radius 1 is 1.59 bits per heavy atom. The van der Waals surface area contributed by atoms with Gasteiger partial charge in [-0.15, -0.1) is 0 Å². The Kier molecular flexibility index (Phi) is 3.23. The zero-order valence-corrected chi connectivity index (χ0v) is 10.0. The lowest BCUT2D eigenvalue weighted by molar-refractivity contribution is -0.385. The van der Waals surface area contributed by atoms with Crippen LogP contribution in [0.15, 0.2) is 12.1 Å². The molecule has 1 atom stereocenters. The molecule has 2 rings (SSSR count). The van der Waals surface area contributed by atoms with E-state index in [1.807, 2.05) is 7.05 Å². The zero-order chi connectivity index (χ0) is 12.4. The van der Waals surface area contributed by atoms with Crippen LogP contribution in [0, 0.1) is 17.0 Å². The maximum Gasteiger partial charge on any atom is 0.290 e. The third-order valence-electron chi connectivity index (χ3n) is 3.16. The number of likely N-dealkylation sites (N-methyl/N-ethyl adjacent to an activating group) is 1. The van der Waals surface area contributed by atoms with Crippen LogP contribution >= 0.6 is 0 Å². The van der Waals surface area contributed by atoms with Crippen LogP contribution in [0.4, 0.5) is 11.5 Å². The Labute approximate surface area is 99.8 Å². The Morgan fingerprint density at radius 2 is 2.35 bits per heavy atom. The molecule has 0 aromatic carbocycles. The maximum atomic E-state index is 10.7. The van der Waals surface area contributed by atoms with Crippen LogP contribution in [-0.2, 0) is 0 Å². The van der Waals surface area contributed by atoms with Crippen molar-refractivity contribution in [2.75, 3.05) is 25.0 Å². The lowest BCUT2D eigenvalue weighted by Gasteiger charge is -2.17. The summed E-state index contributed by atoms with van der Waals surface area (Å²) in [5.74, 6) is 0.825. The summed E-state index contributed by atoms with van der Waals surface area (Å²) in [6.45, 7) is 3.52. The van der Waals surface area contributed by atoms with E-state index < -0.39 is 4.92 Å². The second kappa shape index (κ2) is 4.67. The normalized spacial score (nSPS) is 19.6. The molecule has 1 aromatic heterocycles. The lowest BCUT2D eigenvalue weighted by Crippen LogP contribution is -2.29. The summed E-state index contributed by atoms with van der Waals surface area (Å²) in [5, 5.41) is 13.9. The van der Waals surface area contributed by atoms with E-state index in [9.17, 15) is 10.1 Å². The van der Waals surface area contributed by atoms with Crippen LogP contribution in [0.5, 0.6) is 0 Å². The lowest BCUT2D eigenvalue weighted by atomic mass is 10.3. The predicted octanol–water partition coefficient (Wildman–Crippen LogP) is 1.10. The Bertz CT molecular complexity index is 435. The third-order valence-corrected chi connectivity index (χ3v) is 3.16. The first kappa shape index (κ1) is 11.8. The SMILES string of the molecule is CNC1CCN(c2ccc([N+](=O)[O-])c(C)n2)C1. The molecule has 1 unspecified atom stereocenters. The first-order chi connectivity index (χ1) is 8.11. The third kappa shape index (κ3) is 2.36. The average Bonchev–Trinajstić information content (AvgIpc) is 2.76. The molecule has 1 saturated heterocycles. The van der Waals surface area contributed by atoms with E-state index in [1.54, 1.807) is 13.0 Å². The minimum absolute atomic E-state index is 0.0816. The number of hydrogen-bond donors (Lipinski definition) is 1. The molecule has 6 nitrogen and oxygen atoms in total. The predicted molar refractivity (Wildman–Crippen MR) is 65.3 cm³/mol. The summed E-state index contributed by atoms with van der Waals surface area (Å²) in [7, 11) is 1.95. The van der Waals surface area contributed by atoms with Crippen molar-refractivity contribution in [3.8, 4) is 0 Å². The Morgan fingerprint density at radius 3 is 2.88 bits per heavy atom. The van der Waals surface area contributed by atoms with Crippen molar-refractivity contribution >= 4 is 11.5 Å². The van der Waals surface area contributed by atoms with E-state index in [1.165, 1.54) is 6.07 Å². The van der Waals surface area contributed by atoms with E-state index in [4.69, 9.17) is 0 Å². The largest absolute Gasteiger partial charge is 0.355 e. The molecule has 2 heterocycles.